The maximum atomic E-state index is 12.4. The Bertz CT molecular complexity index is 586. The van der Waals surface area contributed by atoms with Crippen LogP contribution in [0.1, 0.15) is 28.8 Å². The Kier molecular flexibility index (Phi) is 6.41. The summed E-state index contributed by atoms with van der Waals surface area (Å²) >= 11 is 1.69. The number of aryl methyl sites for hydroxylation is 2. The van der Waals surface area contributed by atoms with Gasteiger partial charge in [-0.05, 0) is 36.8 Å². The standard InChI is InChI=1S/C19H23NOS/c1-3-13-20(15-18-7-5-14-22-18)19(21)8-4-6-17-11-9-16(2)10-12-17/h3,5,7,9-12,14H,1,4,6,8,13,15H2,2H3. The number of nitrogens with zero attached hydrogens (tertiary/aromatic N) is 1. The van der Waals surface area contributed by atoms with Crippen molar-refractivity contribution in [3.8, 4) is 0 Å². The first-order chi connectivity index (χ1) is 10.7. The number of thiophene rings is 1. The van der Waals surface area contributed by atoms with Crippen molar-refractivity contribution in [2.24, 2.45) is 0 Å². The second-order valence-corrected chi connectivity index (χ2v) is 6.51. The fraction of sp³-hybridized carbons (Fsp3) is 0.316. The molecule has 0 atom stereocenters. The van der Waals surface area contributed by atoms with E-state index < -0.39 is 0 Å². The quantitative estimate of drug-likeness (QED) is 0.653. The molecule has 0 spiro atoms. The molecule has 0 saturated heterocycles. The Morgan fingerprint density at radius 3 is 2.68 bits per heavy atom. The monoisotopic (exact) mass is 313 g/mol. The van der Waals surface area contributed by atoms with E-state index in [1.807, 2.05) is 16.3 Å². The first kappa shape index (κ1) is 16.5. The highest BCUT2D eigenvalue weighted by Crippen LogP contribution is 2.14. The molecule has 116 valence electrons. The zero-order chi connectivity index (χ0) is 15.8. The molecule has 1 aromatic carbocycles. The highest BCUT2D eigenvalue weighted by Gasteiger charge is 2.12. The van der Waals surface area contributed by atoms with E-state index in [9.17, 15) is 4.79 Å². The van der Waals surface area contributed by atoms with Crippen LogP contribution in [0.25, 0.3) is 0 Å². The number of carbonyl (C=O) groups excluding carboxylic acids is 1. The largest absolute Gasteiger partial charge is 0.334 e. The van der Waals surface area contributed by atoms with Gasteiger partial charge in [-0.2, -0.15) is 0 Å². The molecule has 0 aliphatic carbocycles. The lowest BCUT2D eigenvalue weighted by Crippen LogP contribution is -2.30. The summed E-state index contributed by atoms with van der Waals surface area (Å²) < 4.78 is 0. The summed E-state index contributed by atoms with van der Waals surface area (Å²) in [7, 11) is 0. The Morgan fingerprint density at radius 2 is 2.05 bits per heavy atom. The lowest BCUT2D eigenvalue weighted by Gasteiger charge is -2.20. The van der Waals surface area contributed by atoms with Gasteiger partial charge in [0.1, 0.15) is 0 Å². The Labute approximate surface area is 137 Å². The molecule has 2 nitrogen and oxygen atoms in total. The summed E-state index contributed by atoms with van der Waals surface area (Å²) in [5.41, 5.74) is 2.57. The van der Waals surface area contributed by atoms with E-state index >= 15 is 0 Å². The average molecular weight is 313 g/mol. The predicted octanol–water partition coefficient (Wildman–Crippen LogP) is 4.59. The van der Waals surface area contributed by atoms with E-state index in [4.69, 9.17) is 0 Å². The summed E-state index contributed by atoms with van der Waals surface area (Å²) in [5, 5.41) is 2.04. The SMILES string of the molecule is C=CCN(Cc1cccs1)C(=O)CCCc1ccc(C)cc1. The van der Waals surface area contributed by atoms with E-state index in [2.05, 4.69) is 43.8 Å². The summed E-state index contributed by atoms with van der Waals surface area (Å²) in [4.78, 5) is 15.5. The lowest BCUT2D eigenvalue weighted by molar-refractivity contribution is -0.131. The Balaban J connectivity index is 1.82. The van der Waals surface area contributed by atoms with Gasteiger partial charge in [-0.15, -0.1) is 17.9 Å². The molecule has 0 aliphatic rings. The molecule has 1 amide bonds. The van der Waals surface area contributed by atoms with Gasteiger partial charge in [-0.25, -0.2) is 0 Å². The molecule has 22 heavy (non-hydrogen) atoms. The zero-order valence-electron chi connectivity index (χ0n) is 13.1. The third-order valence-electron chi connectivity index (χ3n) is 3.61. The minimum atomic E-state index is 0.209. The first-order valence-electron chi connectivity index (χ1n) is 7.65. The van der Waals surface area contributed by atoms with Crippen LogP contribution in [0.5, 0.6) is 0 Å². The van der Waals surface area contributed by atoms with E-state index in [0.29, 0.717) is 19.5 Å². The maximum absolute atomic E-state index is 12.4. The van der Waals surface area contributed by atoms with Crippen LogP contribution in [-0.2, 0) is 17.8 Å². The lowest BCUT2D eigenvalue weighted by atomic mass is 10.1. The Hall–Kier alpha value is -1.87. The molecule has 0 aliphatic heterocycles. The van der Waals surface area contributed by atoms with Gasteiger partial charge in [0.25, 0.3) is 0 Å². The van der Waals surface area contributed by atoms with Crippen molar-refractivity contribution in [3.05, 3.63) is 70.4 Å². The average Bonchev–Trinajstić information content (AvgIpc) is 3.02. The first-order valence-corrected chi connectivity index (χ1v) is 8.53. The normalized spacial score (nSPS) is 10.4. The van der Waals surface area contributed by atoms with Crippen LogP contribution in [0, 0.1) is 6.92 Å². The molecular formula is C19H23NOS. The van der Waals surface area contributed by atoms with Crippen LogP contribution in [0.3, 0.4) is 0 Å². The summed E-state index contributed by atoms with van der Waals surface area (Å²) in [6, 6.07) is 12.6. The van der Waals surface area contributed by atoms with Crippen molar-refractivity contribution >= 4 is 17.2 Å². The molecule has 0 saturated carbocycles. The molecule has 1 aromatic heterocycles. The molecule has 0 radical (unpaired) electrons. The minimum Gasteiger partial charge on any atom is -0.334 e. The van der Waals surface area contributed by atoms with Crippen LogP contribution in [-0.4, -0.2) is 17.4 Å². The van der Waals surface area contributed by atoms with Gasteiger partial charge in [0.15, 0.2) is 0 Å². The number of hydrogen-bond donors (Lipinski definition) is 0. The van der Waals surface area contributed by atoms with Gasteiger partial charge in [0.2, 0.25) is 5.91 Å². The second kappa shape index (κ2) is 8.54. The predicted molar refractivity (Wildman–Crippen MR) is 94.1 cm³/mol. The highest BCUT2D eigenvalue weighted by molar-refractivity contribution is 7.09. The molecule has 0 fully saturated rings. The molecule has 0 bridgehead atoms. The summed E-state index contributed by atoms with van der Waals surface area (Å²) in [6.07, 6.45) is 4.23. The molecular weight excluding hydrogens is 290 g/mol. The van der Waals surface area contributed by atoms with E-state index in [-0.39, 0.29) is 5.91 Å². The molecule has 2 aromatic rings. The van der Waals surface area contributed by atoms with Gasteiger partial charge in [0, 0.05) is 17.8 Å². The van der Waals surface area contributed by atoms with Crippen molar-refractivity contribution in [2.45, 2.75) is 32.7 Å². The topological polar surface area (TPSA) is 20.3 Å². The second-order valence-electron chi connectivity index (χ2n) is 5.48. The fourth-order valence-corrected chi connectivity index (χ4v) is 3.08. The van der Waals surface area contributed by atoms with Crippen LogP contribution >= 0.6 is 11.3 Å². The molecule has 3 heteroatoms. The van der Waals surface area contributed by atoms with Gasteiger partial charge in [-0.3, -0.25) is 4.79 Å². The van der Waals surface area contributed by atoms with Crippen LogP contribution in [0.2, 0.25) is 0 Å². The third kappa shape index (κ3) is 5.15. The van der Waals surface area contributed by atoms with Crippen molar-refractivity contribution < 1.29 is 4.79 Å². The zero-order valence-corrected chi connectivity index (χ0v) is 13.9. The molecule has 1 heterocycles. The van der Waals surface area contributed by atoms with Crippen LogP contribution < -0.4 is 0 Å². The fourth-order valence-electron chi connectivity index (χ4n) is 2.36. The third-order valence-corrected chi connectivity index (χ3v) is 4.47. The summed E-state index contributed by atoms with van der Waals surface area (Å²) in [6.45, 7) is 7.15. The Morgan fingerprint density at radius 1 is 1.27 bits per heavy atom. The summed E-state index contributed by atoms with van der Waals surface area (Å²) in [5.74, 6) is 0.209. The van der Waals surface area contributed by atoms with E-state index in [0.717, 1.165) is 12.8 Å². The number of amides is 1. The van der Waals surface area contributed by atoms with E-state index in [1.54, 1.807) is 17.4 Å². The van der Waals surface area contributed by atoms with Crippen molar-refractivity contribution in [2.75, 3.05) is 6.54 Å². The van der Waals surface area contributed by atoms with Crippen molar-refractivity contribution in [1.82, 2.24) is 4.90 Å². The number of hydrogen-bond acceptors (Lipinski definition) is 2. The highest BCUT2D eigenvalue weighted by atomic mass is 32.1. The van der Waals surface area contributed by atoms with Crippen LogP contribution in [0.4, 0.5) is 0 Å². The minimum absolute atomic E-state index is 0.209. The maximum Gasteiger partial charge on any atom is 0.223 e. The molecule has 0 unspecified atom stereocenters. The van der Waals surface area contributed by atoms with Gasteiger partial charge >= 0.3 is 0 Å². The van der Waals surface area contributed by atoms with Gasteiger partial charge in [-0.1, -0.05) is 42.0 Å². The van der Waals surface area contributed by atoms with Crippen molar-refractivity contribution in [1.29, 1.82) is 0 Å². The van der Waals surface area contributed by atoms with Crippen molar-refractivity contribution in [3.63, 3.8) is 0 Å². The van der Waals surface area contributed by atoms with Gasteiger partial charge in [0.05, 0.1) is 6.54 Å². The van der Waals surface area contributed by atoms with E-state index in [1.165, 1.54) is 16.0 Å². The number of benzene rings is 1. The molecule has 2 rings (SSSR count). The van der Waals surface area contributed by atoms with Crippen LogP contribution in [0.15, 0.2) is 54.4 Å². The smallest absolute Gasteiger partial charge is 0.223 e. The number of carbonyl (C=O) groups is 1. The van der Waals surface area contributed by atoms with Gasteiger partial charge < -0.3 is 4.90 Å². The number of rotatable bonds is 8. The molecule has 0 N–H and O–H groups in total.